The molecule has 13 heteroatoms. The third-order valence-electron chi connectivity index (χ3n) is 11.2. The molecule has 0 spiro atoms. The predicted octanol–water partition coefficient (Wildman–Crippen LogP) is 6.34. The van der Waals surface area contributed by atoms with Crippen molar-refractivity contribution >= 4 is 49.8 Å². The maximum atomic E-state index is 14.7. The van der Waals surface area contributed by atoms with E-state index in [4.69, 9.17) is 14.7 Å². The minimum atomic E-state index is -3.33. The molecule has 3 fully saturated rings. The van der Waals surface area contributed by atoms with Crippen LogP contribution < -0.4 is 15.1 Å². The molecule has 3 saturated heterocycles. The number of carbonyl (C=O) groups is 1. The topological polar surface area (TPSA) is 121 Å². The van der Waals surface area contributed by atoms with Gasteiger partial charge < -0.3 is 24.8 Å². The first-order valence-corrected chi connectivity index (χ1v) is 19.6. The number of carbonyl (C=O) groups excluding carboxylic acids is 1. The monoisotopic (exact) mass is 721 g/mol. The molecule has 0 aliphatic carbocycles. The summed E-state index contributed by atoms with van der Waals surface area (Å²) in [6.45, 7) is 17.9. The Labute approximate surface area is 301 Å². The van der Waals surface area contributed by atoms with Crippen molar-refractivity contribution in [3.8, 4) is 0 Å². The van der Waals surface area contributed by atoms with E-state index in [0.717, 1.165) is 40.4 Å². The van der Waals surface area contributed by atoms with Gasteiger partial charge in [-0.25, -0.2) is 22.8 Å². The summed E-state index contributed by atoms with van der Waals surface area (Å²) in [6, 6.07) is 5.91. The zero-order valence-corrected chi connectivity index (χ0v) is 31.7. The van der Waals surface area contributed by atoms with Gasteiger partial charge >= 0.3 is 0 Å². The second-order valence-electron chi connectivity index (χ2n) is 15.3. The molecule has 0 unspecified atom stereocenters. The van der Waals surface area contributed by atoms with Crippen LogP contribution in [0.4, 0.5) is 27.7 Å². The van der Waals surface area contributed by atoms with Gasteiger partial charge in [0.05, 0.1) is 28.7 Å². The highest BCUT2D eigenvalue weighted by atomic mass is 32.2. The number of ether oxygens (including phenoxy) is 1. The van der Waals surface area contributed by atoms with E-state index in [1.54, 1.807) is 26.1 Å². The molecule has 1 N–H and O–H groups in total. The molecule has 11 nitrogen and oxygen atoms in total. The number of pyridine rings is 1. The summed E-state index contributed by atoms with van der Waals surface area (Å²) in [5.74, 6) is 1.58. The van der Waals surface area contributed by atoms with Crippen LogP contribution in [0.3, 0.4) is 0 Å². The van der Waals surface area contributed by atoms with E-state index in [2.05, 4.69) is 41.7 Å². The van der Waals surface area contributed by atoms with Gasteiger partial charge in [0.2, 0.25) is 11.9 Å². The lowest BCUT2D eigenvalue weighted by atomic mass is 9.83. The van der Waals surface area contributed by atoms with E-state index >= 15 is 0 Å². The zero-order valence-electron chi connectivity index (χ0n) is 30.9. The van der Waals surface area contributed by atoms with Gasteiger partial charge in [0.15, 0.2) is 9.84 Å². The molecule has 1 aromatic carbocycles. The van der Waals surface area contributed by atoms with Gasteiger partial charge in [0.1, 0.15) is 17.8 Å². The van der Waals surface area contributed by atoms with Crippen LogP contribution in [0.5, 0.6) is 0 Å². The van der Waals surface area contributed by atoms with Crippen LogP contribution in [0, 0.1) is 5.92 Å². The highest BCUT2D eigenvalue weighted by Gasteiger charge is 2.49. The number of hydrogen-bond acceptors (Lipinski definition) is 10. The lowest BCUT2D eigenvalue weighted by Gasteiger charge is -2.49. The van der Waals surface area contributed by atoms with Crippen molar-refractivity contribution in [2.75, 3.05) is 55.0 Å². The summed E-state index contributed by atoms with van der Waals surface area (Å²) in [5.41, 5.74) is 3.23. The number of fused-ring (bicyclic) bond motifs is 1. The number of methoxy groups -OCH3 is 1. The van der Waals surface area contributed by atoms with Gasteiger partial charge in [-0.3, -0.25) is 4.79 Å². The molecule has 5 heterocycles. The van der Waals surface area contributed by atoms with Gasteiger partial charge in [-0.15, -0.1) is 0 Å². The second kappa shape index (κ2) is 14.3. The van der Waals surface area contributed by atoms with Crippen LogP contribution in [0.15, 0.2) is 43.2 Å². The Kier molecular flexibility index (Phi) is 10.4. The molecule has 3 aliphatic rings. The Bertz CT molecular complexity index is 1900. The number of nitrogens with one attached hydrogen (secondary N) is 1. The lowest BCUT2D eigenvalue weighted by molar-refractivity contribution is -0.126. The van der Waals surface area contributed by atoms with Crippen molar-refractivity contribution in [2.24, 2.45) is 5.92 Å². The van der Waals surface area contributed by atoms with Crippen molar-refractivity contribution in [1.82, 2.24) is 19.9 Å². The van der Waals surface area contributed by atoms with Crippen molar-refractivity contribution < 1.29 is 22.3 Å². The van der Waals surface area contributed by atoms with E-state index < -0.39 is 32.1 Å². The predicted molar refractivity (Wildman–Crippen MR) is 201 cm³/mol. The molecule has 0 saturated carbocycles. The number of alkyl halides is 1. The standard InChI is InChI=1S/C38H52FN7O4S/c1-9-35(47)46-15-10-11-30(46)27-17-31(45-20-25(21-45)38(6,7)51(48,49)24(4)5)28-19-41-34(18-26(28)36(27)23(2)3)42-33-12-14-40-37(43-33)44-16-13-32(50-8)29(39)22-44/h9,12,14,17-19,23-25,29-30,32H,1,10-11,13,15-16,20-22H2,2-8H3,(H,40,41,42,43)/t29-,30+,32+/m0/s1. The van der Waals surface area contributed by atoms with E-state index in [-0.39, 0.29) is 30.3 Å². The van der Waals surface area contributed by atoms with E-state index in [9.17, 15) is 17.6 Å². The van der Waals surface area contributed by atoms with Crippen molar-refractivity contribution in [1.29, 1.82) is 0 Å². The summed E-state index contributed by atoms with van der Waals surface area (Å²) in [5, 5.41) is 4.89. The number of rotatable bonds is 11. The molecule has 6 rings (SSSR count). The largest absolute Gasteiger partial charge is 0.378 e. The number of sulfone groups is 1. The summed E-state index contributed by atoms with van der Waals surface area (Å²) in [4.78, 5) is 33.0. The highest BCUT2D eigenvalue weighted by molar-refractivity contribution is 7.93. The quantitative estimate of drug-likeness (QED) is 0.225. The third-order valence-corrected chi connectivity index (χ3v) is 14.3. The average molecular weight is 722 g/mol. The number of likely N-dealkylation sites (tertiary alicyclic amines) is 1. The Hall–Kier alpha value is -3.84. The van der Waals surface area contributed by atoms with E-state index in [1.165, 1.54) is 13.2 Å². The zero-order chi connectivity index (χ0) is 36.8. The maximum absolute atomic E-state index is 14.7. The van der Waals surface area contributed by atoms with Gasteiger partial charge in [0, 0.05) is 62.7 Å². The molecule has 1 amide bonds. The Morgan fingerprint density at radius 2 is 1.80 bits per heavy atom. The fraction of sp³-hybridized carbons (Fsp3) is 0.579. The average Bonchev–Trinajstić information content (AvgIpc) is 3.56. The van der Waals surface area contributed by atoms with Crippen LogP contribution in [-0.4, -0.2) is 96.3 Å². The Balaban J connectivity index is 1.39. The van der Waals surface area contributed by atoms with Crippen molar-refractivity contribution in [3.05, 3.63) is 54.4 Å². The number of hydrogen-bond donors (Lipinski definition) is 1. The van der Waals surface area contributed by atoms with Crippen molar-refractivity contribution in [3.63, 3.8) is 0 Å². The number of halogens is 1. The normalized spacial score (nSPS) is 21.8. The van der Waals surface area contributed by atoms with Gasteiger partial charge in [0.25, 0.3) is 0 Å². The fourth-order valence-electron chi connectivity index (χ4n) is 8.05. The lowest BCUT2D eigenvalue weighted by Crippen LogP contribution is -2.59. The number of aromatic nitrogens is 3. The highest BCUT2D eigenvalue weighted by Crippen LogP contribution is 2.46. The van der Waals surface area contributed by atoms with Crippen LogP contribution in [0.25, 0.3) is 10.8 Å². The molecule has 51 heavy (non-hydrogen) atoms. The molecule has 2 aromatic heterocycles. The molecule has 0 bridgehead atoms. The Morgan fingerprint density at radius 3 is 2.45 bits per heavy atom. The Morgan fingerprint density at radius 1 is 1.06 bits per heavy atom. The first-order valence-electron chi connectivity index (χ1n) is 18.1. The summed E-state index contributed by atoms with van der Waals surface area (Å²) >= 11 is 0. The van der Waals surface area contributed by atoms with Crippen LogP contribution in [0.2, 0.25) is 0 Å². The van der Waals surface area contributed by atoms with Crippen molar-refractivity contribution in [2.45, 2.75) is 95.0 Å². The summed E-state index contributed by atoms with van der Waals surface area (Å²) < 4.78 is 45.8. The molecular weight excluding hydrogens is 670 g/mol. The van der Waals surface area contributed by atoms with E-state index in [1.807, 2.05) is 35.9 Å². The van der Waals surface area contributed by atoms with Crippen LogP contribution in [0.1, 0.15) is 83.9 Å². The molecule has 0 radical (unpaired) electrons. The van der Waals surface area contributed by atoms with Crippen LogP contribution in [-0.2, 0) is 19.4 Å². The summed E-state index contributed by atoms with van der Waals surface area (Å²) in [7, 11) is -1.80. The smallest absolute Gasteiger partial charge is 0.246 e. The molecule has 3 atom stereocenters. The number of nitrogens with zero attached hydrogens (tertiary/aromatic N) is 6. The number of piperidine rings is 1. The second-order valence-corrected chi connectivity index (χ2v) is 18.3. The molecule has 276 valence electrons. The first-order chi connectivity index (χ1) is 24.2. The maximum Gasteiger partial charge on any atom is 0.246 e. The molecule has 3 aromatic rings. The third kappa shape index (κ3) is 6.79. The number of anilines is 4. The number of benzene rings is 1. The summed E-state index contributed by atoms with van der Waals surface area (Å²) in [6.07, 6.45) is 5.65. The van der Waals surface area contributed by atoms with Gasteiger partial charge in [-0.05, 0) is 93.7 Å². The SMILES string of the molecule is C=CC(=O)N1CCC[C@@H]1c1cc(N2CC(C(C)(C)S(=O)(=O)C(C)C)C2)c2cnc(Nc3ccnc(N4CC[C@@H](OC)[C@@H](F)C4)n3)cc2c1C(C)C. The van der Waals surface area contributed by atoms with Gasteiger partial charge in [-0.1, -0.05) is 20.4 Å². The first kappa shape index (κ1) is 36.9. The minimum Gasteiger partial charge on any atom is -0.378 e. The van der Waals surface area contributed by atoms with Crippen LogP contribution >= 0.6 is 0 Å². The van der Waals surface area contributed by atoms with E-state index in [0.29, 0.717) is 50.2 Å². The fourth-order valence-corrected chi connectivity index (χ4v) is 9.88. The van der Waals surface area contributed by atoms with Gasteiger partial charge in [-0.2, -0.15) is 4.98 Å². The number of amides is 1. The minimum absolute atomic E-state index is 0.0349. The molecule has 3 aliphatic heterocycles. The molecular formula is C38H52FN7O4S.